The Morgan fingerprint density at radius 2 is 1.77 bits per heavy atom. The number of benzene rings is 1. The summed E-state index contributed by atoms with van der Waals surface area (Å²) in [6.45, 7) is 10.5. The van der Waals surface area contributed by atoms with Crippen molar-refractivity contribution >= 4 is 11.9 Å². The van der Waals surface area contributed by atoms with Crippen molar-refractivity contribution in [3.05, 3.63) is 35.4 Å². The van der Waals surface area contributed by atoms with Crippen LogP contribution in [0.15, 0.2) is 24.3 Å². The lowest BCUT2D eigenvalue weighted by molar-refractivity contribution is -0.137. The average Bonchev–Trinajstić information content (AvgIpc) is 2.52. The summed E-state index contributed by atoms with van der Waals surface area (Å²) >= 11 is 0. The highest BCUT2D eigenvalue weighted by Gasteiger charge is 2.23. The van der Waals surface area contributed by atoms with Crippen molar-refractivity contribution in [2.75, 3.05) is 13.1 Å². The van der Waals surface area contributed by atoms with Gasteiger partial charge in [0.25, 0.3) is 5.91 Å². The molecule has 2 rings (SSSR count). The fourth-order valence-corrected chi connectivity index (χ4v) is 3.29. The van der Waals surface area contributed by atoms with Gasteiger partial charge in [-0.25, -0.2) is 0 Å². The number of rotatable bonds is 7. The largest absolute Gasteiger partial charge is 0.481 e. The van der Waals surface area contributed by atoms with E-state index < -0.39 is 11.5 Å². The molecule has 0 aliphatic carbocycles. The molecule has 1 aromatic rings. The maximum absolute atomic E-state index is 12.4. The Morgan fingerprint density at radius 1 is 1.19 bits per heavy atom. The van der Waals surface area contributed by atoms with E-state index in [-0.39, 0.29) is 24.5 Å². The predicted octanol–water partition coefficient (Wildman–Crippen LogP) is 2.67. The normalized spacial score (nSPS) is 21.4. The molecule has 1 heterocycles. The van der Waals surface area contributed by atoms with Crippen LogP contribution in [-0.2, 0) is 16.1 Å². The Labute approximate surface area is 155 Å². The number of carboxylic acid groups (broad SMARTS) is 1. The number of carbonyl (C=O) groups excluding carboxylic acids is 1. The van der Waals surface area contributed by atoms with E-state index >= 15 is 0 Å². The quantitative estimate of drug-likeness (QED) is 0.780. The van der Waals surface area contributed by atoms with Crippen LogP contribution < -0.4 is 5.32 Å². The number of ether oxygens (including phenoxy) is 1. The second kappa shape index (κ2) is 8.64. The first-order valence-electron chi connectivity index (χ1n) is 9.16. The summed E-state index contributed by atoms with van der Waals surface area (Å²) in [5.41, 5.74) is 1.18. The first-order chi connectivity index (χ1) is 12.1. The van der Waals surface area contributed by atoms with Gasteiger partial charge in [0.1, 0.15) is 0 Å². The van der Waals surface area contributed by atoms with Crippen LogP contribution in [0, 0.1) is 0 Å². The minimum atomic E-state index is -0.858. The first kappa shape index (κ1) is 20.4. The van der Waals surface area contributed by atoms with E-state index in [1.165, 1.54) is 0 Å². The van der Waals surface area contributed by atoms with Gasteiger partial charge in [-0.1, -0.05) is 12.1 Å². The smallest absolute Gasteiger partial charge is 0.303 e. The van der Waals surface area contributed by atoms with Gasteiger partial charge < -0.3 is 15.2 Å². The number of hydrogen-bond acceptors (Lipinski definition) is 4. The van der Waals surface area contributed by atoms with Crippen LogP contribution in [0.25, 0.3) is 0 Å². The first-order valence-corrected chi connectivity index (χ1v) is 9.16. The monoisotopic (exact) mass is 362 g/mol. The third-order valence-corrected chi connectivity index (χ3v) is 4.53. The van der Waals surface area contributed by atoms with Crippen molar-refractivity contribution < 1.29 is 19.4 Å². The molecule has 6 nitrogen and oxygen atoms in total. The van der Waals surface area contributed by atoms with E-state index in [0.717, 1.165) is 25.2 Å². The zero-order chi connectivity index (χ0) is 19.3. The number of amides is 1. The van der Waals surface area contributed by atoms with Gasteiger partial charge in [0.05, 0.1) is 12.2 Å². The molecule has 2 N–H and O–H groups in total. The minimum Gasteiger partial charge on any atom is -0.481 e. The number of carboxylic acids is 1. The van der Waals surface area contributed by atoms with E-state index in [0.29, 0.717) is 12.0 Å². The summed E-state index contributed by atoms with van der Waals surface area (Å²) in [6.07, 6.45) is 0.885. The zero-order valence-electron chi connectivity index (χ0n) is 16.1. The van der Waals surface area contributed by atoms with Gasteiger partial charge in [-0.3, -0.25) is 14.5 Å². The standard InChI is InChI=1S/C20H30N2O4/c1-14-11-22(12-15(2)26-14)13-16-5-7-17(8-6-16)19(25)21-20(3,4)10-9-18(23)24/h5-8,14-15H,9-13H2,1-4H3,(H,21,25)(H,23,24). The van der Waals surface area contributed by atoms with Crippen LogP contribution in [0.4, 0.5) is 0 Å². The summed E-state index contributed by atoms with van der Waals surface area (Å²) in [5, 5.41) is 11.7. The number of nitrogens with one attached hydrogen (secondary N) is 1. The van der Waals surface area contributed by atoms with Crippen LogP contribution in [-0.4, -0.2) is 52.7 Å². The molecule has 1 aliphatic rings. The molecule has 2 atom stereocenters. The molecule has 26 heavy (non-hydrogen) atoms. The van der Waals surface area contributed by atoms with E-state index in [1.54, 1.807) is 0 Å². The van der Waals surface area contributed by atoms with Crippen LogP contribution >= 0.6 is 0 Å². The highest BCUT2D eigenvalue weighted by Crippen LogP contribution is 2.16. The summed E-state index contributed by atoms with van der Waals surface area (Å²) in [7, 11) is 0. The molecule has 1 aromatic carbocycles. The van der Waals surface area contributed by atoms with Crippen molar-refractivity contribution in [1.82, 2.24) is 10.2 Å². The molecule has 0 saturated carbocycles. The third-order valence-electron chi connectivity index (χ3n) is 4.53. The number of aliphatic carboxylic acids is 1. The number of carbonyl (C=O) groups is 2. The Balaban J connectivity index is 1.91. The van der Waals surface area contributed by atoms with Gasteiger partial charge in [-0.05, 0) is 51.8 Å². The second-order valence-corrected chi connectivity index (χ2v) is 7.88. The summed E-state index contributed by atoms with van der Waals surface area (Å²) < 4.78 is 5.75. The SMILES string of the molecule is CC1CN(Cc2ccc(C(=O)NC(C)(C)CCC(=O)O)cc2)CC(C)O1. The maximum Gasteiger partial charge on any atom is 0.303 e. The van der Waals surface area contributed by atoms with Gasteiger partial charge in [-0.15, -0.1) is 0 Å². The van der Waals surface area contributed by atoms with E-state index in [1.807, 2.05) is 38.1 Å². The van der Waals surface area contributed by atoms with Crippen molar-refractivity contribution in [2.24, 2.45) is 0 Å². The summed E-state index contributed by atoms with van der Waals surface area (Å²) in [5.74, 6) is -1.04. The fraction of sp³-hybridized carbons (Fsp3) is 0.600. The zero-order valence-corrected chi connectivity index (χ0v) is 16.1. The van der Waals surface area contributed by atoms with Crippen LogP contribution in [0.3, 0.4) is 0 Å². The molecule has 144 valence electrons. The number of hydrogen-bond donors (Lipinski definition) is 2. The third kappa shape index (κ3) is 6.42. The molecule has 0 radical (unpaired) electrons. The molecular formula is C20H30N2O4. The van der Waals surface area contributed by atoms with Gasteiger partial charge in [0.2, 0.25) is 0 Å². The molecule has 1 fully saturated rings. The topological polar surface area (TPSA) is 78.9 Å². The van der Waals surface area contributed by atoms with Gasteiger partial charge in [-0.2, -0.15) is 0 Å². The van der Waals surface area contributed by atoms with Crippen LogP contribution in [0.1, 0.15) is 56.5 Å². The molecule has 6 heteroatoms. The molecule has 2 unspecified atom stereocenters. The molecule has 0 aromatic heterocycles. The van der Waals surface area contributed by atoms with E-state index in [9.17, 15) is 9.59 Å². The predicted molar refractivity (Wildman–Crippen MR) is 100 cm³/mol. The second-order valence-electron chi connectivity index (χ2n) is 7.88. The minimum absolute atomic E-state index is 0.0304. The lowest BCUT2D eigenvalue weighted by Gasteiger charge is -2.35. The fourth-order valence-electron chi connectivity index (χ4n) is 3.29. The lowest BCUT2D eigenvalue weighted by Crippen LogP contribution is -2.44. The molecule has 1 aliphatic heterocycles. The molecular weight excluding hydrogens is 332 g/mol. The molecule has 0 spiro atoms. The van der Waals surface area contributed by atoms with Crippen molar-refractivity contribution in [3.8, 4) is 0 Å². The average molecular weight is 362 g/mol. The summed E-state index contributed by atoms with van der Waals surface area (Å²) in [4.78, 5) is 25.5. The van der Waals surface area contributed by atoms with Crippen molar-refractivity contribution in [3.63, 3.8) is 0 Å². The van der Waals surface area contributed by atoms with Gasteiger partial charge >= 0.3 is 5.97 Å². The maximum atomic E-state index is 12.4. The van der Waals surface area contributed by atoms with Crippen LogP contribution in [0.5, 0.6) is 0 Å². The number of morpholine rings is 1. The Hall–Kier alpha value is -1.92. The number of nitrogens with zero attached hydrogens (tertiary/aromatic N) is 1. The van der Waals surface area contributed by atoms with Crippen molar-refractivity contribution in [1.29, 1.82) is 0 Å². The Morgan fingerprint density at radius 3 is 2.31 bits per heavy atom. The Kier molecular flexibility index (Phi) is 6.78. The Bertz CT molecular complexity index is 617. The lowest BCUT2D eigenvalue weighted by atomic mass is 9.97. The van der Waals surface area contributed by atoms with Crippen molar-refractivity contribution in [2.45, 2.75) is 64.8 Å². The molecule has 1 amide bonds. The highest BCUT2D eigenvalue weighted by molar-refractivity contribution is 5.94. The molecule has 0 bridgehead atoms. The van der Waals surface area contributed by atoms with Gasteiger partial charge in [0.15, 0.2) is 0 Å². The van der Waals surface area contributed by atoms with E-state index in [2.05, 4.69) is 24.1 Å². The van der Waals surface area contributed by atoms with Gasteiger partial charge in [0, 0.05) is 37.2 Å². The highest BCUT2D eigenvalue weighted by atomic mass is 16.5. The van der Waals surface area contributed by atoms with E-state index in [4.69, 9.17) is 9.84 Å². The van der Waals surface area contributed by atoms with Crippen LogP contribution in [0.2, 0.25) is 0 Å². The molecule has 1 saturated heterocycles. The summed E-state index contributed by atoms with van der Waals surface area (Å²) in [6, 6.07) is 7.60.